The summed E-state index contributed by atoms with van der Waals surface area (Å²) in [4.78, 5) is 17.7. The molecule has 0 aromatic carbocycles. The van der Waals surface area contributed by atoms with Crippen LogP contribution in [0.4, 0.5) is 0 Å². The molecule has 3 heterocycles. The number of ether oxygens (including phenoxy) is 1. The number of likely N-dealkylation sites (tertiary alicyclic amines) is 1. The highest BCUT2D eigenvalue weighted by molar-refractivity contribution is 5.15. The van der Waals surface area contributed by atoms with Gasteiger partial charge in [0.15, 0.2) is 5.43 Å². The van der Waals surface area contributed by atoms with E-state index in [1.54, 1.807) is 12.1 Å². The van der Waals surface area contributed by atoms with Crippen LogP contribution < -0.4 is 5.43 Å². The molecule has 1 aromatic heterocycles. The molecule has 0 spiro atoms. The first kappa shape index (κ1) is 12.9. The van der Waals surface area contributed by atoms with Crippen LogP contribution in [0.3, 0.4) is 0 Å². The second-order valence-corrected chi connectivity index (χ2v) is 5.69. The summed E-state index contributed by atoms with van der Waals surface area (Å²) in [7, 11) is 0. The van der Waals surface area contributed by atoms with Gasteiger partial charge in [-0.15, -0.1) is 0 Å². The maximum atomic E-state index is 11.7. The highest BCUT2D eigenvalue weighted by Crippen LogP contribution is 2.34. The van der Waals surface area contributed by atoms with E-state index in [2.05, 4.69) is 9.88 Å². The van der Waals surface area contributed by atoms with Gasteiger partial charge in [-0.05, 0) is 39.2 Å². The lowest BCUT2D eigenvalue weighted by molar-refractivity contribution is 0.0285. The number of nitrogens with one attached hydrogen (secondary N) is 1. The van der Waals surface area contributed by atoms with Crippen molar-refractivity contribution in [2.75, 3.05) is 19.8 Å². The van der Waals surface area contributed by atoms with E-state index >= 15 is 0 Å². The van der Waals surface area contributed by atoms with E-state index in [9.17, 15) is 4.79 Å². The van der Waals surface area contributed by atoms with Gasteiger partial charge in [-0.2, -0.15) is 0 Å². The molecule has 0 amide bonds. The number of nitrogens with zero attached hydrogens (tertiary/aromatic N) is 1. The van der Waals surface area contributed by atoms with Crippen LogP contribution >= 0.6 is 0 Å². The molecule has 4 heteroatoms. The molecule has 2 aliphatic rings. The molecule has 1 N–H and O–H groups in total. The minimum atomic E-state index is 0.116. The van der Waals surface area contributed by atoms with Crippen LogP contribution in [0.1, 0.15) is 43.1 Å². The zero-order chi connectivity index (χ0) is 13.2. The first-order valence-electron chi connectivity index (χ1n) is 7.28. The van der Waals surface area contributed by atoms with Crippen molar-refractivity contribution in [2.45, 2.75) is 44.7 Å². The fourth-order valence-corrected chi connectivity index (χ4v) is 3.46. The number of aromatic nitrogens is 1. The Bertz CT molecular complexity index is 491. The van der Waals surface area contributed by atoms with E-state index < -0.39 is 0 Å². The fraction of sp³-hybridized carbons (Fsp3) is 0.667. The Morgan fingerprint density at radius 3 is 2.79 bits per heavy atom. The van der Waals surface area contributed by atoms with Gasteiger partial charge in [0, 0.05) is 42.8 Å². The monoisotopic (exact) mass is 262 g/mol. The fourth-order valence-electron chi connectivity index (χ4n) is 3.46. The van der Waals surface area contributed by atoms with Crippen molar-refractivity contribution in [3.63, 3.8) is 0 Å². The molecular formula is C15H22N2O2. The Balaban J connectivity index is 1.83. The van der Waals surface area contributed by atoms with E-state index in [1.165, 1.54) is 6.42 Å². The molecule has 3 rings (SSSR count). The van der Waals surface area contributed by atoms with Gasteiger partial charge >= 0.3 is 0 Å². The molecule has 0 bridgehead atoms. The van der Waals surface area contributed by atoms with E-state index in [0.717, 1.165) is 50.4 Å². The summed E-state index contributed by atoms with van der Waals surface area (Å²) in [6, 6.07) is 4.44. The predicted molar refractivity (Wildman–Crippen MR) is 74.3 cm³/mol. The third-order valence-corrected chi connectivity index (χ3v) is 4.31. The topological polar surface area (TPSA) is 45.3 Å². The third kappa shape index (κ3) is 2.74. The van der Waals surface area contributed by atoms with Crippen molar-refractivity contribution < 1.29 is 4.74 Å². The highest BCUT2D eigenvalue weighted by Gasteiger charge is 2.33. The lowest BCUT2D eigenvalue weighted by Gasteiger charge is -2.35. The Morgan fingerprint density at radius 1 is 1.26 bits per heavy atom. The van der Waals surface area contributed by atoms with Crippen LogP contribution in [-0.4, -0.2) is 35.7 Å². The third-order valence-electron chi connectivity index (χ3n) is 4.31. The first-order chi connectivity index (χ1) is 9.24. The number of hydrogen-bond acceptors (Lipinski definition) is 3. The quantitative estimate of drug-likeness (QED) is 0.886. The Morgan fingerprint density at radius 2 is 2.05 bits per heavy atom. The Kier molecular flexibility index (Phi) is 3.71. The number of hydrogen-bond donors (Lipinski definition) is 1. The van der Waals surface area contributed by atoms with E-state index in [0.29, 0.717) is 12.1 Å². The maximum Gasteiger partial charge on any atom is 0.182 e. The van der Waals surface area contributed by atoms with Gasteiger partial charge in [0.25, 0.3) is 0 Å². The molecule has 4 nitrogen and oxygen atoms in total. The lowest BCUT2D eigenvalue weighted by atomic mass is 10.0. The second kappa shape index (κ2) is 5.47. The summed E-state index contributed by atoms with van der Waals surface area (Å²) in [6.45, 7) is 4.85. The maximum absolute atomic E-state index is 11.7. The SMILES string of the molecule is Cc1cc(=O)cc([C@H]2CCCN2C2CCOCC2)[nH]1. The van der Waals surface area contributed by atoms with Crippen LogP contribution in [0.15, 0.2) is 16.9 Å². The molecule has 2 aliphatic heterocycles. The van der Waals surface area contributed by atoms with Gasteiger partial charge in [-0.25, -0.2) is 0 Å². The van der Waals surface area contributed by atoms with Gasteiger partial charge in [-0.3, -0.25) is 9.69 Å². The molecule has 0 aliphatic carbocycles. The minimum Gasteiger partial charge on any atom is -0.381 e. The Hall–Kier alpha value is -1.13. The predicted octanol–water partition coefficient (Wildman–Crippen LogP) is 2.00. The first-order valence-corrected chi connectivity index (χ1v) is 7.28. The van der Waals surface area contributed by atoms with Crippen molar-refractivity contribution in [3.05, 3.63) is 33.7 Å². The van der Waals surface area contributed by atoms with Crippen molar-refractivity contribution in [2.24, 2.45) is 0 Å². The zero-order valence-corrected chi connectivity index (χ0v) is 11.5. The van der Waals surface area contributed by atoms with Crippen LogP contribution in [0.5, 0.6) is 0 Å². The lowest BCUT2D eigenvalue weighted by Crippen LogP contribution is -2.39. The standard InChI is InChI=1S/C15H22N2O2/c1-11-9-13(18)10-14(16-11)15-3-2-6-17(15)12-4-7-19-8-5-12/h9-10,12,15H,2-8H2,1H3,(H,16,18)/t15-/m1/s1. The van der Waals surface area contributed by atoms with E-state index in [4.69, 9.17) is 4.74 Å². The van der Waals surface area contributed by atoms with Gasteiger partial charge in [0.1, 0.15) is 0 Å². The average Bonchev–Trinajstić information content (AvgIpc) is 2.88. The molecule has 1 atom stereocenters. The van der Waals surface area contributed by atoms with Crippen LogP contribution in [0, 0.1) is 6.92 Å². The van der Waals surface area contributed by atoms with Gasteiger partial charge in [-0.1, -0.05) is 0 Å². The molecule has 2 fully saturated rings. The smallest absolute Gasteiger partial charge is 0.182 e. The van der Waals surface area contributed by atoms with Crippen molar-refractivity contribution >= 4 is 0 Å². The van der Waals surface area contributed by atoms with Crippen molar-refractivity contribution in [3.8, 4) is 0 Å². The normalized spacial score (nSPS) is 25.8. The number of rotatable bonds is 2. The van der Waals surface area contributed by atoms with E-state index in [1.807, 2.05) is 6.92 Å². The van der Waals surface area contributed by atoms with Crippen LogP contribution in [-0.2, 0) is 4.74 Å². The summed E-state index contributed by atoms with van der Waals surface area (Å²) in [6.07, 6.45) is 4.61. The molecule has 2 saturated heterocycles. The molecule has 0 saturated carbocycles. The summed E-state index contributed by atoms with van der Waals surface area (Å²) in [5.74, 6) is 0. The highest BCUT2D eigenvalue weighted by atomic mass is 16.5. The molecule has 1 aromatic rings. The number of aryl methyl sites for hydroxylation is 1. The molecule has 0 unspecified atom stereocenters. The van der Waals surface area contributed by atoms with Gasteiger partial charge in [0.2, 0.25) is 0 Å². The van der Waals surface area contributed by atoms with Gasteiger partial charge < -0.3 is 9.72 Å². The van der Waals surface area contributed by atoms with Crippen molar-refractivity contribution in [1.82, 2.24) is 9.88 Å². The number of H-pyrrole nitrogens is 1. The van der Waals surface area contributed by atoms with Crippen molar-refractivity contribution in [1.29, 1.82) is 0 Å². The largest absolute Gasteiger partial charge is 0.381 e. The number of aromatic amines is 1. The number of pyridine rings is 1. The molecule has 104 valence electrons. The summed E-state index contributed by atoms with van der Waals surface area (Å²) >= 11 is 0. The summed E-state index contributed by atoms with van der Waals surface area (Å²) in [5.41, 5.74) is 2.17. The molecular weight excluding hydrogens is 240 g/mol. The van der Waals surface area contributed by atoms with Gasteiger partial charge in [0.05, 0.1) is 6.04 Å². The summed E-state index contributed by atoms with van der Waals surface area (Å²) in [5, 5.41) is 0. The van der Waals surface area contributed by atoms with E-state index in [-0.39, 0.29) is 5.43 Å². The minimum absolute atomic E-state index is 0.116. The molecule has 19 heavy (non-hydrogen) atoms. The zero-order valence-electron chi connectivity index (χ0n) is 11.5. The Labute approximate surface area is 113 Å². The molecule has 0 radical (unpaired) electrons. The van der Waals surface area contributed by atoms with Crippen LogP contribution in [0.25, 0.3) is 0 Å². The van der Waals surface area contributed by atoms with Crippen LogP contribution in [0.2, 0.25) is 0 Å². The second-order valence-electron chi connectivity index (χ2n) is 5.69. The average molecular weight is 262 g/mol. The summed E-state index contributed by atoms with van der Waals surface area (Å²) < 4.78 is 5.45.